The van der Waals surface area contributed by atoms with Gasteiger partial charge in [0, 0.05) is 25.7 Å². The molecule has 2 fully saturated rings. The number of thioether (sulfide) groups is 1. The Labute approximate surface area is 226 Å². The number of nitrogens with one attached hydrogen (secondary N) is 1. The second kappa shape index (κ2) is 11.1. The molecule has 194 valence electrons. The quantitative estimate of drug-likeness (QED) is 0.371. The van der Waals surface area contributed by atoms with Crippen molar-refractivity contribution in [2.75, 3.05) is 25.0 Å². The number of hydrogen-bond donors (Lipinski definition) is 1. The zero-order valence-electron chi connectivity index (χ0n) is 19.6. The third kappa shape index (κ3) is 6.40. The number of rotatable bonds is 7. The van der Waals surface area contributed by atoms with Gasteiger partial charge in [-0.05, 0) is 88.6 Å². The molecule has 0 aliphatic carbocycles. The van der Waals surface area contributed by atoms with E-state index in [9.17, 15) is 27.6 Å². The standard InChI is InChI=1S/C24H22BrN3O7S2/c1-15(29)26-17-5-7-18(8-6-17)37(33,34)35-20-9-4-16(12-19(20)25)13-21-23(31)28(24(32)36-21)14-22(30)27-10-2-3-11-27/h4-9,12-13H,2-3,10-11,14H2,1H3,(H,26,29)/b21-13-. The number of likely N-dealkylation sites (tertiary alicyclic amines) is 1. The fourth-order valence-corrected chi connectivity index (χ4v) is 6.11. The summed E-state index contributed by atoms with van der Waals surface area (Å²) in [4.78, 5) is 51.3. The number of imide groups is 1. The molecule has 0 spiro atoms. The minimum absolute atomic E-state index is 0.0207. The van der Waals surface area contributed by atoms with Crippen molar-refractivity contribution in [3.8, 4) is 5.75 Å². The smallest absolute Gasteiger partial charge is 0.339 e. The van der Waals surface area contributed by atoms with Crippen LogP contribution in [0.3, 0.4) is 0 Å². The van der Waals surface area contributed by atoms with Gasteiger partial charge in [0.15, 0.2) is 5.75 Å². The first-order chi connectivity index (χ1) is 17.5. The Morgan fingerprint density at radius 2 is 1.78 bits per heavy atom. The highest BCUT2D eigenvalue weighted by Crippen LogP contribution is 2.34. The van der Waals surface area contributed by atoms with Crippen molar-refractivity contribution >= 4 is 72.5 Å². The van der Waals surface area contributed by atoms with Crippen LogP contribution in [0.2, 0.25) is 0 Å². The molecule has 4 amide bonds. The van der Waals surface area contributed by atoms with Crippen molar-refractivity contribution in [3.05, 3.63) is 57.4 Å². The lowest BCUT2D eigenvalue weighted by Gasteiger charge is -2.18. The largest absolute Gasteiger partial charge is 0.378 e. The molecule has 37 heavy (non-hydrogen) atoms. The van der Waals surface area contributed by atoms with Crippen molar-refractivity contribution < 1.29 is 31.8 Å². The van der Waals surface area contributed by atoms with Crippen molar-refractivity contribution in [1.29, 1.82) is 0 Å². The number of carbonyl (C=O) groups is 4. The third-order valence-corrected chi connectivity index (χ3v) is 8.32. The van der Waals surface area contributed by atoms with Crippen molar-refractivity contribution in [3.63, 3.8) is 0 Å². The number of carbonyl (C=O) groups excluding carboxylic acids is 4. The van der Waals surface area contributed by atoms with Crippen LogP contribution in [0.25, 0.3) is 6.08 Å². The van der Waals surface area contributed by atoms with Gasteiger partial charge in [-0.1, -0.05) is 6.07 Å². The molecule has 2 aliphatic heterocycles. The Hall–Kier alpha value is -3.16. The van der Waals surface area contributed by atoms with E-state index in [-0.39, 0.29) is 33.9 Å². The molecule has 10 nitrogen and oxygen atoms in total. The molecule has 0 atom stereocenters. The Balaban J connectivity index is 1.45. The van der Waals surface area contributed by atoms with Gasteiger partial charge >= 0.3 is 10.1 Å². The Morgan fingerprint density at radius 1 is 1.11 bits per heavy atom. The van der Waals surface area contributed by atoms with Crippen LogP contribution < -0.4 is 9.50 Å². The SMILES string of the molecule is CC(=O)Nc1ccc(S(=O)(=O)Oc2ccc(/C=C3\SC(=O)N(CC(=O)N4CCCC4)C3=O)cc2Br)cc1. The molecule has 0 aromatic heterocycles. The van der Waals surface area contributed by atoms with Crippen LogP contribution in [0.5, 0.6) is 5.75 Å². The van der Waals surface area contributed by atoms with Gasteiger partial charge in [0.1, 0.15) is 11.4 Å². The molecule has 2 aromatic carbocycles. The third-order valence-electron chi connectivity index (χ3n) is 5.54. The zero-order chi connectivity index (χ0) is 26.7. The van der Waals surface area contributed by atoms with Crippen LogP contribution in [0.1, 0.15) is 25.3 Å². The molecule has 2 saturated heterocycles. The van der Waals surface area contributed by atoms with Gasteiger partial charge in [-0.25, -0.2) is 0 Å². The van der Waals surface area contributed by atoms with Gasteiger partial charge in [0.2, 0.25) is 11.8 Å². The van der Waals surface area contributed by atoms with E-state index in [1.165, 1.54) is 43.3 Å². The molecule has 2 aromatic rings. The average Bonchev–Trinajstić information content (AvgIpc) is 3.46. The fourth-order valence-electron chi connectivity index (χ4n) is 3.74. The zero-order valence-corrected chi connectivity index (χ0v) is 22.8. The monoisotopic (exact) mass is 607 g/mol. The lowest BCUT2D eigenvalue weighted by atomic mass is 10.2. The molecular formula is C24H22BrN3O7S2. The number of amides is 4. The number of benzene rings is 2. The van der Waals surface area contributed by atoms with Gasteiger partial charge < -0.3 is 14.4 Å². The van der Waals surface area contributed by atoms with Crippen LogP contribution in [-0.2, 0) is 24.5 Å². The molecule has 2 heterocycles. The Kier molecular flexibility index (Phi) is 8.05. The van der Waals surface area contributed by atoms with Crippen molar-refractivity contribution in [1.82, 2.24) is 9.80 Å². The molecule has 0 saturated carbocycles. The minimum Gasteiger partial charge on any atom is -0.378 e. The molecular weight excluding hydrogens is 586 g/mol. The van der Waals surface area contributed by atoms with E-state index in [2.05, 4.69) is 21.2 Å². The lowest BCUT2D eigenvalue weighted by molar-refractivity contribution is -0.135. The Bertz CT molecular complexity index is 1400. The number of anilines is 1. The maximum absolute atomic E-state index is 12.8. The maximum Gasteiger partial charge on any atom is 0.339 e. The second-order valence-electron chi connectivity index (χ2n) is 8.29. The summed E-state index contributed by atoms with van der Waals surface area (Å²) < 4.78 is 30.9. The maximum atomic E-state index is 12.8. The van der Waals surface area contributed by atoms with E-state index in [1.807, 2.05) is 0 Å². The number of halogens is 1. The van der Waals surface area contributed by atoms with Crippen LogP contribution in [0.4, 0.5) is 10.5 Å². The van der Waals surface area contributed by atoms with Crippen LogP contribution in [0.15, 0.2) is 56.7 Å². The molecule has 0 bridgehead atoms. The van der Waals surface area contributed by atoms with Gasteiger partial charge in [-0.15, -0.1) is 0 Å². The second-order valence-corrected chi connectivity index (χ2v) is 11.7. The summed E-state index contributed by atoms with van der Waals surface area (Å²) in [6, 6.07) is 10.0. The summed E-state index contributed by atoms with van der Waals surface area (Å²) in [5.74, 6) is -1.07. The summed E-state index contributed by atoms with van der Waals surface area (Å²) in [6.45, 7) is 2.32. The summed E-state index contributed by atoms with van der Waals surface area (Å²) in [5, 5.41) is 2.04. The average molecular weight is 608 g/mol. The van der Waals surface area contributed by atoms with Gasteiger partial charge in [0.05, 0.1) is 9.38 Å². The lowest BCUT2D eigenvalue weighted by Crippen LogP contribution is -2.40. The number of nitrogens with zero attached hydrogens (tertiary/aromatic N) is 2. The summed E-state index contributed by atoms with van der Waals surface area (Å²) in [5.41, 5.74) is 0.967. The fraction of sp³-hybridized carbons (Fsp3) is 0.250. The van der Waals surface area contributed by atoms with Crippen LogP contribution in [0, 0.1) is 0 Å². The van der Waals surface area contributed by atoms with E-state index in [4.69, 9.17) is 4.18 Å². The topological polar surface area (TPSA) is 130 Å². The van der Waals surface area contributed by atoms with E-state index in [1.54, 1.807) is 17.0 Å². The van der Waals surface area contributed by atoms with Crippen molar-refractivity contribution in [2.45, 2.75) is 24.7 Å². The molecule has 1 N–H and O–H groups in total. The van der Waals surface area contributed by atoms with Gasteiger partial charge in [-0.2, -0.15) is 8.42 Å². The first-order valence-electron chi connectivity index (χ1n) is 11.2. The first kappa shape index (κ1) is 26.9. The van der Waals surface area contributed by atoms with Gasteiger partial charge in [0.25, 0.3) is 11.1 Å². The predicted molar refractivity (Wildman–Crippen MR) is 141 cm³/mol. The van der Waals surface area contributed by atoms with E-state index in [0.29, 0.717) is 28.8 Å². The molecule has 4 rings (SSSR count). The summed E-state index contributed by atoms with van der Waals surface area (Å²) in [6.07, 6.45) is 3.32. The number of hydrogen-bond acceptors (Lipinski definition) is 8. The highest BCUT2D eigenvalue weighted by Gasteiger charge is 2.37. The first-order valence-corrected chi connectivity index (χ1v) is 14.2. The summed E-state index contributed by atoms with van der Waals surface area (Å²) in [7, 11) is -4.16. The molecule has 0 radical (unpaired) electrons. The molecule has 2 aliphatic rings. The van der Waals surface area contributed by atoms with Crippen molar-refractivity contribution in [2.24, 2.45) is 0 Å². The normalized spacial score (nSPS) is 17.0. The highest BCUT2D eigenvalue weighted by molar-refractivity contribution is 9.10. The van der Waals surface area contributed by atoms with E-state index >= 15 is 0 Å². The van der Waals surface area contributed by atoms with E-state index < -0.39 is 21.3 Å². The Morgan fingerprint density at radius 3 is 2.41 bits per heavy atom. The van der Waals surface area contributed by atoms with Gasteiger partial charge in [-0.3, -0.25) is 24.1 Å². The summed E-state index contributed by atoms with van der Waals surface area (Å²) >= 11 is 4.03. The molecule has 0 unspecified atom stereocenters. The van der Waals surface area contributed by atoms with E-state index in [0.717, 1.165) is 29.5 Å². The predicted octanol–water partition coefficient (Wildman–Crippen LogP) is 3.83. The highest BCUT2D eigenvalue weighted by atomic mass is 79.9. The van der Waals surface area contributed by atoms with Crippen LogP contribution >= 0.6 is 27.7 Å². The van der Waals surface area contributed by atoms with Crippen LogP contribution in [-0.4, -0.2) is 60.8 Å². The molecule has 13 heteroatoms. The minimum atomic E-state index is -4.16.